The van der Waals surface area contributed by atoms with Crippen LogP contribution in [0.5, 0.6) is 5.75 Å². The Morgan fingerprint density at radius 1 is 1.23 bits per heavy atom. The maximum Gasteiger partial charge on any atom is 0.310 e. The van der Waals surface area contributed by atoms with Crippen LogP contribution in [0.15, 0.2) is 53.0 Å². The standard InChI is InChI=1S/C15H13BrN2O4/c1-10(15(19)17-12-7-3-2-6-11(12)16)22-14-9-5-4-8-13(14)18(20)21/h2-10H,1H3,(H,17,19)/t10-/m1/s1. The van der Waals surface area contributed by atoms with Crippen molar-refractivity contribution < 1.29 is 14.5 Å². The predicted octanol–water partition coefficient (Wildman–Crippen LogP) is 3.76. The third-order valence-electron chi connectivity index (χ3n) is 2.87. The van der Waals surface area contributed by atoms with Gasteiger partial charge in [-0.05, 0) is 41.1 Å². The number of amides is 1. The molecule has 0 bridgehead atoms. The minimum Gasteiger partial charge on any atom is -0.474 e. The van der Waals surface area contributed by atoms with Gasteiger partial charge in [-0.25, -0.2) is 0 Å². The number of para-hydroxylation sites is 3. The topological polar surface area (TPSA) is 81.5 Å². The number of halogens is 1. The summed E-state index contributed by atoms with van der Waals surface area (Å²) < 4.78 is 6.15. The monoisotopic (exact) mass is 364 g/mol. The molecule has 2 aromatic rings. The molecule has 0 fully saturated rings. The average Bonchev–Trinajstić information content (AvgIpc) is 2.49. The second-order valence-electron chi connectivity index (χ2n) is 4.45. The molecule has 0 saturated heterocycles. The highest BCUT2D eigenvalue weighted by Gasteiger charge is 2.21. The summed E-state index contributed by atoms with van der Waals surface area (Å²) in [7, 11) is 0. The minimum absolute atomic E-state index is 0.0577. The van der Waals surface area contributed by atoms with Gasteiger partial charge in [-0.2, -0.15) is 0 Å². The molecule has 1 amide bonds. The molecule has 0 saturated carbocycles. The molecule has 22 heavy (non-hydrogen) atoms. The van der Waals surface area contributed by atoms with Crippen LogP contribution < -0.4 is 10.1 Å². The van der Waals surface area contributed by atoms with Crippen molar-refractivity contribution in [3.05, 3.63) is 63.1 Å². The Kier molecular flexibility index (Phi) is 5.11. The van der Waals surface area contributed by atoms with Gasteiger partial charge in [-0.15, -0.1) is 0 Å². The molecule has 0 radical (unpaired) electrons. The highest BCUT2D eigenvalue weighted by Crippen LogP contribution is 2.27. The molecule has 6 nitrogen and oxygen atoms in total. The van der Waals surface area contributed by atoms with Crippen molar-refractivity contribution in [1.29, 1.82) is 0 Å². The van der Waals surface area contributed by atoms with Crippen molar-refractivity contribution in [3.8, 4) is 5.75 Å². The molecule has 0 unspecified atom stereocenters. The summed E-state index contributed by atoms with van der Waals surface area (Å²) in [5.74, 6) is -0.340. The third kappa shape index (κ3) is 3.82. The molecular weight excluding hydrogens is 352 g/mol. The highest BCUT2D eigenvalue weighted by molar-refractivity contribution is 9.10. The molecule has 7 heteroatoms. The SMILES string of the molecule is C[C@@H](Oc1ccccc1[N+](=O)[O-])C(=O)Nc1ccccc1Br. The average molecular weight is 365 g/mol. The first-order valence-electron chi connectivity index (χ1n) is 6.44. The number of benzene rings is 2. The first-order chi connectivity index (χ1) is 10.5. The van der Waals surface area contributed by atoms with E-state index in [0.29, 0.717) is 5.69 Å². The van der Waals surface area contributed by atoms with Crippen molar-refractivity contribution >= 4 is 33.2 Å². The van der Waals surface area contributed by atoms with Gasteiger partial charge in [-0.1, -0.05) is 24.3 Å². The molecule has 2 rings (SSSR count). The van der Waals surface area contributed by atoms with E-state index >= 15 is 0 Å². The van der Waals surface area contributed by atoms with Crippen molar-refractivity contribution in [2.45, 2.75) is 13.0 Å². The molecule has 2 aromatic carbocycles. The number of ether oxygens (including phenoxy) is 1. The third-order valence-corrected chi connectivity index (χ3v) is 3.56. The van der Waals surface area contributed by atoms with E-state index in [1.54, 1.807) is 24.3 Å². The normalized spacial score (nSPS) is 11.5. The van der Waals surface area contributed by atoms with Crippen LogP contribution in [0.25, 0.3) is 0 Å². The van der Waals surface area contributed by atoms with E-state index < -0.39 is 16.9 Å². The van der Waals surface area contributed by atoms with E-state index in [4.69, 9.17) is 4.74 Å². The second kappa shape index (κ2) is 7.04. The molecule has 0 aromatic heterocycles. The Labute approximate surface area is 135 Å². The lowest BCUT2D eigenvalue weighted by Crippen LogP contribution is -2.30. The van der Waals surface area contributed by atoms with Crippen LogP contribution in [0.1, 0.15) is 6.92 Å². The first-order valence-corrected chi connectivity index (χ1v) is 7.24. The van der Waals surface area contributed by atoms with Gasteiger partial charge in [0.05, 0.1) is 10.6 Å². The van der Waals surface area contributed by atoms with Crippen LogP contribution in [0.2, 0.25) is 0 Å². The van der Waals surface area contributed by atoms with Crippen LogP contribution in [0.3, 0.4) is 0 Å². The molecule has 0 aliphatic rings. The molecule has 1 N–H and O–H groups in total. The highest BCUT2D eigenvalue weighted by atomic mass is 79.9. The summed E-state index contributed by atoms with van der Waals surface area (Å²) in [4.78, 5) is 22.5. The number of nitro benzene ring substituents is 1. The predicted molar refractivity (Wildman–Crippen MR) is 86.0 cm³/mol. The lowest BCUT2D eigenvalue weighted by atomic mass is 10.2. The molecule has 0 heterocycles. The number of rotatable bonds is 5. The van der Waals surface area contributed by atoms with E-state index in [2.05, 4.69) is 21.2 Å². The molecular formula is C15H13BrN2O4. The van der Waals surface area contributed by atoms with Gasteiger partial charge in [0.1, 0.15) is 0 Å². The van der Waals surface area contributed by atoms with E-state index in [0.717, 1.165) is 4.47 Å². The van der Waals surface area contributed by atoms with Crippen molar-refractivity contribution in [3.63, 3.8) is 0 Å². The number of nitrogens with zero attached hydrogens (tertiary/aromatic N) is 1. The van der Waals surface area contributed by atoms with Crippen molar-refractivity contribution in [1.82, 2.24) is 0 Å². The summed E-state index contributed by atoms with van der Waals surface area (Å²) in [6.07, 6.45) is -0.881. The molecule has 0 aliphatic carbocycles. The zero-order chi connectivity index (χ0) is 16.1. The van der Waals surface area contributed by atoms with E-state index in [9.17, 15) is 14.9 Å². The fourth-order valence-electron chi connectivity index (χ4n) is 1.75. The van der Waals surface area contributed by atoms with Crippen LogP contribution in [-0.2, 0) is 4.79 Å². The number of anilines is 1. The minimum atomic E-state index is -0.881. The second-order valence-corrected chi connectivity index (χ2v) is 5.31. The number of nitro groups is 1. The van der Waals surface area contributed by atoms with Gasteiger partial charge >= 0.3 is 5.69 Å². The lowest BCUT2D eigenvalue weighted by molar-refractivity contribution is -0.386. The lowest BCUT2D eigenvalue weighted by Gasteiger charge is -2.15. The zero-order valence-corrected chi connectivity index (χ0v) is 13.2. The fourth-order valence-corrected chi connectivity index (χ4v) is 2.13. The smallest absolute Gasteiger partial charge is 0.310 e. The quantitative estimate of drug-likeness (QED) is 0.646. The zero-order valence-electron chi connectivity index (χ0n) is 11.7. The van der Waals surface area contributed by atoms with Gasteiger partial charge in [0, 0.05) is 10.5 Å². The summed E-state index contributed by atoms with van der Waals surface area (Å²) in [5.41, 5.74) is 0.425. The number of nitrogens with one attached hydrogen (secondary N) is 1. The molecule has 1 atom stereocenters. The van der Waals surface area contributed by atoms with Crippen LogP contribution >= 0.6 is 15.9 Å². The number of carbonyl (C=O) groups excluding carboxylic acids is 1. The van der Waals surface area contributed by atoms with E-state index in [-0.39, 0.29) is 11.4 Å². The van der Waals surface area contributed by atoms with Gasteiger partial charge in [0.2, 0.25) is 0 Å². The number of carbonyl (C=O) groups is 1. The van der Waals surface area contributed by atoms with E-state index in [1.807, 2.05) is 6.07 Å². The Morgan fingerprint density at radius 2 is 1.86 bits per heavy atom. The summed E-state index contributed by atoms with van der Waals surface area (Å²) >= 11 is 3.33. The Morgan fingerprint density at radius 3 is 2.55 bits per heavy atom. The van der Waals surface area contributed by atoms with Crippen LogP contribution in [0.4, 0.5) is 11.4 Å². The Hall–Kier alpha value is -2.41. The summed E-state index contributed by atoms with van der Waals surface area (Å²) in [5, 5.41) is 13.6. The van der Waals surface area contributed by atoms with Gasteiger partial charge in [0.25, 0.3) is 5.91 Å². The van der Waals surface area contributed by atoms with Gasteiger partial charge in [-0.3, -0.25) is 14.9 Å². The molecule has 0 aliphatic heterocycles. The largest absolute Gasteiger partial charge is 0.474 e. The first kappa shape index (κ1) is 16.0. The number of hydrogen-bond acceptors (Lipinski definition) is 4. The van der Waals surface area contributed by atoms with Crippen molar-refractivity contribution in [2.75, 3.05) is 5.32 Å². The molecule has 114 valence electrons. The van der Waals surface area contributed by atoms with E-state index in [1.165, 1.54) is 25.1 Å². The van der Waals surface area contributed by atoms with Crippen LogP contribution in [-0.4, -0.2) is 16.9 Å². The maximum absolute atomic E-state index is 12.1. The van der Waals surface area contributed by atoms with Gasteiger partial charge in [0.15, 0.2) is 11.9 Å². The van der Waals surface area contributed by atoms with Crippen molar-refractivity contribution in [2.24, 2.45) is 0 Å². The van der Waals surface area contributed by atoms with Crippen LogP contribution in [0, 0.1) is 10.1 Å². The Bertz CT molecular complexity index is 705. The maximum atomic E-state index is 12.1. The summed E-state index contributed by atoms with van der Waals surface area (Å²) in [6.45, 7) is 1.53. The Balaban J connectivity index is 2.09. The molecule has 0 spiro atoms. The fraction of sp³-hybridized carbons (Fsp3) is 0.133. The summed E-state index contributed by atoms with van der Waals surface area (Å²) in [6, 6.07) is 13.1. The van der Waals surface area contributed by atoms with Gasteiger partial charge < -0.3 is 10.1 Å². The number of hydrogen-bond donors (Lipinski definition) is 1.